The van der Waals surface area contributed by atoms with Crippen LogP contribution in [0.15, 0.2) is 40.1 Å². The number of thiophene rings is 1. The number of nitrogen functional groups attached to an aromatic ring is 1. The normalized spacial score (nSPS) is 12.9. The van der Waals surface area contributed by atoms with Gasteiger partial charge in [0.25, 0.3) is 6.01 Å². The van der Waals surface area contributed by atoms with E-state index in [1.807, 2.05) is 18.2 Å². The van der Waals surface area contributed by atoms with Crippen LogP contribution in [0.2, 0.25) is 0 Å². The third-order valence-electron chi connectivity index (χ3n) is 3.21. The minimum Gasteiger partial charge on any atom is -0.424 e. The van der Waals surface area contributed by atoms with Gasteiger partial charge in [-0.2, -0.15) is 4.98 Å². The predicted octanol–water partition coefficient (Wildman–Crippen LogP) is 4.28. The van der Waals surface area contributed by atoms with Gasteiger partial charge < -0.3 is 15.5 Å². The van der Waals surface area contributed by atoms with Gasteiger partial charge in [0, 0.05) is 10.6 Å². The number of hydrogen-bond donors (Lipinski definition) is 2. The first-order valence-electron chi connectivity index (χ1n) is 6.59. The zero-order chi connectivity index (χ0) is 14.1. The average molecular weight is 287 g/mol. The number of fused-ring (bicyclic) bond motifs is 1. The molecule has 1 aromatic carbocycles. The number of benzene rings is 1. The van der Waals surface area contributed by atoms with Crippen LogP contribution >= 0.6 is 11.3 Å². The van der Waals surface area contributed by atoms with E-state index in [-0.39, 0.29) is 6.04 Å². The number of anilines is 2. The summed E-state index contributed by atoms with van der Waals surface area (Å²) in [4.78, 5) is 5.73. The van der Waals surface area contributed by atoms with Crippen molar-refractivity contribution in [3.63, 3.8) is 0 Å². The van der Waals surface area contributed by atoms with Crippen molar-refractivity contribution < 1.29 is 4.42 Å². The Hall–Kier alpha value is -2.01. The standard InChI is InChI=1S/C15H17N3OS/c1-9(2)14(13-4-3-7-20-13)18-15-17-11-8-10(16)5-6-12(11)19-15/h3-9,14H,16H2,1-2H3,(H,17,18). The molecular formula is C15H17N3OS. The van der Waals surface area contributed by atoms with Crippen LogP contribution in [0.5, 0.6) is 0 Å². The molecule has 3 aromatic rings. The lowest BCUT2D eigenvalue weighted by Crippen LogP contribution is -2.15. The van der Waals surface area contributed by atoms with Crippen LogP contribution in [0, 0.1) is 5.92 Å². The number of nitrogens with two attached hydrogens (primary N) is 1. The summed E-state index contributed by atoms with van der Waals surface area (Å²) in [5, 5.41) is 5.46. The fraction of sp³-hybridized carbons (Fsp3) is 0.267. The quantitative estimate of drug-likeness (QED) is 0.703. The zero-order valence-corrected chi connectivity index (χ0v) is 12.3. The maximum Gasteiger partial charge on any atom is 0.296 e. The van der Waals surface area contributed by atoms with Gasteiger partial charge >= 0.3 is 0 Å². The highest BCUT2D eigenvalue weighted by atomic mass is 32.1. The molecule has 0 aliphatic carbocycles. The van der Waals surface area contributed by atoms with Crippen molar-refractivity contribution >= 4 is 34.1 Å². The van der Waals surface area contributed by atoms with Crippen molar-refractivity contribution in [3.05, 3.63) is 40.6 Å². The zero-order valence-electron chi connectivity index (χ0n) is 11.5. The van der Waals surface area contributed by atoms with Crippen LogP contribution < -0.4 is 11.1 Å². The Kier molecular flexibility index (Phi) is 3.36. The molecule has 0 fully saturated rings. The molecule has 0 aliphatic heterocycles. The molecule has 104 valence electrons. The SMILES string of the molecule is CC(C)C(Nc1nc2cc(N)ccc2o1)c1cccs1. The Morgan fingerprint density at radius 3 is 2.85 bits per heavy atom. The monoisotopic (exact) mass is 287 g/mol. The number of nitrogens with zero attached hydrogens (tertiary/aromatic N) is 1. The molecule has 1 atom stereocenters. The minimum atomic E-state index is 0.195. The Labute approximate surface area is 121 Å². The van der Waals surface area contributed by atoms with E-state index in [1.54, 1.807) is 11.3 Å². The van der Waals surface area contributed by atoms with Crippen molar-refractivity contribution in [1.29, 1.82) is 0 Å². The molecular weight excluding hydrogens is 270 g/mol. The summed E-state index contributed by atoms with van der Waals surface area (Å²) in [6, 6.07) is 10.4. The maximum absolute atomic E-state index is 5.76. The second-order valence-corrected chi connectivity index (χ2v) is 6.11. The molecule has 0 aliphatic rings. The van der Waals surface area contributed by atoms with Gasteiger partial charge in [0.2, 0.25) is 0 Å². The molecule has 2 aromatic heterocycles. The van der Waals surface area contributed by atoms with Gasteiger partial charge in [-0.1, -0.05) is 19.9 Å². The van der Waals surface area contributed by atoms with Crippen molar-refractivity contribution in [1.82, 2.24) is 4.98 Å². The first-order valence-corrected chi connectivity index (χ1v) is 7.47. The van der Waals surface area contributed by atoms with Crippen LogP contribution in [0.4, 0.5) is 11.7 Å². The Morgan fingerprint density at radius 2 is 2.15 bits per heavy atom. The highest BCUT2D eigenvalue weighted by Crippen LogP contribution is 2.30. The van der Waals surface area contributed by atoms with Gasteiger partial charge in [-0.3, -0.25) is 0 Å². The Bertz CT molecular complexity index is 703. The third-order valence-corrected chi connectivity index (χ3v) is 4.16. The van der Waals surface area contributed by atoms with Crippen molar-refractivity contribution in [2.24, 2.45) is 5.92 Å². The Balaban J connectivity index is 1.90. The van der Waals surface area contributed by atoms with Gasteiger partial charge in [0.1, 0.15) is 5.52 Å². The number of rotatable bonds is 4. The molecule has 0 amide bonds. The molecule has 0 saturated heterocycles. The first kappa shape index (κ1) is 13.0. The van der Waals surface area contributed by atoms with E-state index in [0.717, 1.165) is 11.1 Å². The summed E-state index contributed by atoms with van der Waals surface area (Å²) < 4.78 is 5.73. The summed E-state index contributed by atoms with van der Waals surface area (Å²) in [5.41, 5.74) is 7.97. The van der Waals surface area contributed by atoms with Gasteiger partial charge in [0.15, 0.2) is 5.58 Å². The highest BCUT2D eigenvalue weighted by Gasteiger charge is 2.19. The first-order chi connectivity index (χ1) is 9.63. The van der Waals surface area contributed by atoms with Gasteiger partial charge in [0.05, 0.1) is 6.04 Å². The van der Waals surface area contributed by atoms with Gasteiger partial charge in [-0.15, -0.1) is 11.3 Å². The molecule has 1 unspecified atom stereocenters. The topological polar surface area (TPSA) is 64.1 Å². The fourth-order valence-electron chi connectivity index (χ4n) is 2.17. The summed E-state index contributed by atoms with van der Waals surface area (Å²) in [6.45, 7) is 4.36. The van der Waals surface area contributed by atoms with E-state index < -0.39 is 0 Å². The summed E-state index contributed by atoms with van der Waals surface area (Å²) in [6.07, 6.45) is 0. The number of aromatic nitrogens is 1. The van der Waals surface area contributed by atoms with E-state index in [4.69, 9.17) is 10.2 Å². The second-order valence-electron chi connectivity index (χ2n) is 5.13. The highest BCUT2D eigenvalue weighted by molar-refractivity contribution is 7.10. The van der Waals surface area contributed by atoms with Gasteiger partial charge in [-0.05, 0) is 35.6 Å². The van der Waals surface area contributed by atoms with Crippen LogP contribution in [0.25, 0.3) is 11.1 Å². The molecule has 2 heterocycles. The van der Waals surface area contributed by atoms with Gasteiger partial charge in [-0.25, -0.2) is 0 Å². The molecule has 4 nitrogen and oxygen atoms in total. The number of oxazole rings is 1. The van der Waals surface area contributed by atoms with E-state index in [9.17, 15) is 0 Å². The summed E-state index contributed by atoms with van der Waals surface area (Å²) >= 11 is 1.74. The van der Waals surface area contributed by atoms with Crippen molar-refractivity contribution in [3.8, 4) is 0 Å². The summed E-state index contributed by atoms with van der Waals surface area (Å²) in [7, 11) is 0. The summed E-state index contributed by atoms with van der Waals surface area (Å²) in [5.74, 6) is 0.439. The van der Waals surface area contributed by atoms with E-state index in [0.29, 0.717) is 17.6 Å². The number of hydrogen-bond acceptors (Lipinski definition) is 5. The number of nitrogens with one attached hydrogen (secondary N) is 1. The van der Waals surface area contributed by atoms with Crippen LogP contribution in [-0.4, -0.2) is 4.98 Å². The molecule has 0 saturated carbocycles. The average Bonchev–Trinajstić information content (AvgIpc) is 3.03. The molecule has 0 radical (unpaired) electrons. The van der Waals surface area contributed by atoms with Crippen LogP contribution in [0.1, 0.15) is 24.8 Å². The smallest absolute Gasteiger partial charge is 0.296 e. The fourth-order valence-corrected chi connectivity index (χ4v) is 3.12. The third kappa shape index (κ3) is 2.49. The molecule has 0 bridgehead atoms. The van der Waals surface area contributed by atoms with Crippen LogP contribution in [0.3, 0.4) is 0 Å². The van der Waals surface area contributed by atoms with E-state index >= 15 is 0 Å². The Morgan fingerprint density at radius 1 is 1.30 bits per heavy atom. The molecule has 20 heavy (non-hydrogen) atoms. The van der Waals surface area contributed by atoms with Crippen LogP contribution in [-0.2, 0) is 0 Å². The van der Waals surface area contributed by atoms with Crippen molar-refractivity contribution in [2.75, 3.05) is 11.1 Å². The minimum absolute atomic E-state index is 0.195. The second kappa shape index (κ2) is 5.17. The lowest BCUT2D eigenvalue weighted by atomic mass is 10.0. The van der Waals surface area contributed by atoms with E-state index in [1.165, 1.54) is 4.88 Å². The molecule has 3 rings (SSSR count). The lowest BCUT2D eigenvalue weighted by Gasteiger charge is -2.19. The van der Waals surface area contributed by atoms with Crippen molar-refractivity contribution in [2.45, 2.75) is 19.9 Å². The molecule has 0 spiro atoms. The van der Waals surface area contributed by atoms with E-state index in [2.05, 4.69) is 41.7 Å². The maximum atomic E-state index is 5.76. The lowest BCUT2D eigenvalue weighted by molar-refractivity contribution is 0.522. The predicted molar refractivity (Wildman–Crippen MR) is 83.9 cm³/mol. The molecule has 5 heteroatoms. The largest absolute Gasteiger partial charge is 0.424 e. The molecule has 3 N–H and O–H groups in total.